The molecule has 1 heterocycles. The van der Waals surface area contributed by atoms with E-state index in [2.05, 4.69) is 20.3 Å². The molecule has 5 heteroatoms. The summed E-state index contributed by atoms with van der Waals surface area (Å²) in [5.74, 6) is 0.544. The maximum atomic E-state index is 5.89. The Morgan fingerprint density at radius 3 is 2.85 bits per heavy atom. The zero-order valence-electron chi connectivity index (χ0n) is 7.80. The van der Waals surface area contributed by atoms with Crippen molar-refractivity contribution in [1.82, 2.24) is 9.97 Å². The minimum absolute atomic E-state index is 0.516. The van der Waals surface area contributed by atoms with Gasteiger partial charge in [-0.2, -0.15) is 0 Å². The van der Waals surface area contributed by atoms with Crippen molar-refractivity contribution in [1.29, 1.82) is 0 Å². The first-order valence-corrected chi connectivity index (χ1v) is 4.21. The first-order valence-electron chi connectivity index (χ1n) is 3.83. The molecule has 1 rings (SSSR count). The van der Waals surface area contributed by atoms with E-state index >= 15 is 0 Å². The molecule has 0 fully saturated rings. The lowest BCUT2D eigenvalue weighted by Crippen LogP contribution is -2.04. The molecule has 0 atom stereocenters. The summed E-state index contributed by atoms with van der Waals surface area (Å²) in [6.07, 6.45) is 1.56. The van der Waals surface area contributed by atoms with Crippen LogP contribution in [-0.2, 0) is 0 Å². The average Bonchev–Trinajstić information content (AvgIpc) is 2.17. The number of hydrogen-bond acceptors (Lipinski definition) is 4. The van der Waals surface area contributed by atoms with Gasteiger partial charge < -0.3 is 5.32 Å². The average molecular weight is 199 g/mol. The molecule has 0 saturated heterocycles. The maximum Gasteiger partial charge on any atom is 0.223 e. The summed E-state index contributed by atoms with van der Waals surface area (Å²) in [6.45, 7) is 1.85. The lowest BCUT2D eigenvalue weighted by molar-refractivity contribution is 1.13. The van der Waals surface area contributed by atoms with Crippen molar-refractivity contribution in [3.05, 3.63) is 16.9 Å². The molecule has 0 bridgehead atoms. The smallest absolute Gasteiger partial charge is 0.223 e. The highest BCUT2D eigenvalue weighted by atomic mass is 35.5. The first-order chi connectivity index (χ1) is 6.19. The molecule has 1 aromatic rings. The molecular weight excluding hydrogens is 188 g/mol. The monoisotopic (exact) mass is 198 g/mol. The normalized spacial score (nSPS) is 11.5. The number of nitrogens with zero attached hydrogens (tertiary/aromatic N) is 3. The summed E-state index contributed by atoms with van der Waals surface area (Å²) in [5, 5.41) is 3.35. The van der Waals surface area contributed by atoms with E-state index in [0.29, 0.717) is 16.7 Å². The van der Waals surface area contributed by atoms with E-state index in [1.165, 1.54) is 0 Å². The fraction of sp³-hybridized carbons (Fsp3) is 0.375. The van der Waals surface area contributed by atoms with Gasteiger partial charge in [-0.05, 0) is 6.92 Å². The molecule has 0 aliphatic heterocycles. The minimum Gasteiger partial charge on any atom is -0.357 e. The SMILES string of the molecule is CN=C(C)c1nc(NC)ncc1Cl. The summed E-state index contributed by atoms with van der Waals surface area (Å²) >= 11 is 5.89. The zero-order valence-corrected chi connectivity index (χ0v) is 8.55. The molecule has 13 heavy (non-hydrogen) atoms. The topological polar surface area (TPSA) is 50.2 Å². The zero-order chi connectivity index (χ0) is 9.84. The Hall–Kier alpha value is -1.16. The van der Waals surface area contributed by atoms with Crippen molar-refractivity contribution in [3.8, 4) is 0 Å². The van der Waals surface area contributed by atoms with Crippen molar-refractivity contribution in [3.63, 3.8) is 0 Å². The van der Waals surface area contributed by atoms with Crippen molar-refractivity contribution in [2.75, 3.05) is 19.4 Å². The van der Waals surface area contributed by atoms with Gasteiger partial charge in [0.15, 0.2) is 0 Å². The fourth-order valence-electron chi connectivity index (χ4n) is 0.847. The Labute approximate surface area is 82.1 Å². The highest BCUT2D eigenvalue weighted by Gasteiger charge is 2.06. The number of nitrogens with one attached hydrogen (secondary N) is 1. The van der Waals surface area contributed by atoms with E-state index in [0.717, 1.165) is 5.71 Å². The van der Waals surface area contributed by atoms with Crippen molar-refractivity contribution >= 4 is 23.3 Å². The van der Waals surface area contributed by atoms with Crippen molar-refractivity contribution in [2.45, 2.75) is 6.92 Å². The minimum atomic E-state index is 0.516. The van der Waals surface area contributed by atoms with Crippen LogP contribution in [0.3, 0.4) is 0 Å². The Kier molecular flexibility index (Phi) is 3.19. The van der Waals surface area contributed by atoms with Crippen LogP contribution in [0.15, 0.2) is 11.2 Å². The largest absolute Gasteiger partial charge is 0.357 e. The van der Waals surface area contributed by atoms with Crippen LogP contribution in [0.2, 0.25) is 5.02 Å². The van der Waals surface area contributed by atoms with Crippen LogP contribution in [0.4, 0.5) is 5.95 Å². The summed E-state index contributed by atoms with van der Waals surface area (Å²) in [7, 11) is 3.46. The second-order valence-corrected chi connectivity index (χ2v) is 2.86. The van der Waals surface area contributed by atoms with Gasteiger partial charge in [-0.25, -0.2) is 9.97 Å². The predicted molar refractivity (Wildman–Crippen MR) is 54.7 cm³/mol. The molecular formula is C8H11ClN4. The number of rotatable bonds is 2. The van der Waals surface area contributed by atoms with Gasteiger partial charge >= 0.3 is 0 Å². The second-order valence-electron chi connectivity index (χ2n) is 2.45. The van der Waals surface area contributed by atoms with Gasteiger partial charge in [-0.1, -0.05) is 11.6 Å². The third-order valence-electron chi connectivity index (χ3n) is 1.65. The third-order valence-corrected chi connectivity index (χ3v) is 1.92. The van der Waals surface area contributed by atoms with Crippen LogP contribution in [-0.4, -0.2) is 29.8 Å². The third kappa shape index (κ3) is 2.15. The molecule has 0 radical (unpaired) electrons. The first kappa shape index (κ1) is 9.92. The number of halogens is 1. The number of hydrogen-bond donors (Lipinski definition) is 1. The molecule has 0 amide bonds. The number of aromatic nitrogens is 2. The van der Waals surface area contributed by atoms with Gasteiger partial charge in [0.05, 0.1) is 16.9 Å². The van der Waals surface area contributed by atoms with Gasteiger partial charge in [0.1, 0.15) is 5.69 Å². The summed E-state index contributed by atoms with van der Waals surface area (Å²) in [6, 6.07) is 0. The molecule has 70 valence electrons. The van der Waals surface area contributed by atoms with Crippen LogP contribution < -0.4 is 5.32 Å². The predicted octanol–water partition coefficient (Wildman–Crippen LogP) is 1.61. The lowest BCUT2D eigenvalue weighted by Gasteiger charge is -2.03. The highest BCUT2D eigenvalue weighted by Crippen LogP contribution is 2.14. The van der Waals surface area contributed by atoms with E-state index in [-0.39, 0.29) is 0 Å². The molecule has 0 saturated carbocycles. The Bertz CT molecular complexity index is 335. The standard InChI is InChI=1S/C8H11ClN4/c1-5(10-2)7-6(9)4-12-8(11-3)13-7/h4H,1-3H3,(H,11,12,13). The molecule has 0 aliphatic carbocycles. The Morgan fingerprint density at radius 2 is 2.31 bits per heavy atom. The van der Waals surface area contributed by atoms with Crippen molar-refractivity contribution in [2.24, 2.45) is 4.99 Å². The quantitative estimate of drug-likeness (QED) is 0.735. The van der Waals surface area contributed by atoms with Gasteiger partial charge in [-0.15, -0.1) is 0 Å². The second kappa shape index (κ2) is 4.18. The summed E-state index contributed by atoms with van der Waals surface area (Å²) in [5.41, 5.74) is 1.47. The van der Waals surface area contributed by atoms with Crippen LogP contribution in [0, 0.1) is 0 Å². The van der Waals surface area contributed by atoms with Crippen LogP contribution >= 0.6 is 11.6 Å². The number of aliphatic imine (C=N–C) groups is 1. The fourth-order valence-corrected chi connectivity index (χ4v) is 1.08. The molecule has 0 aliphatic rings. The highest BCUT2D eigenvalue weighted by molar-refractivity contribution is 6.33. The van der Waals surface area contributed by atoms with E-state index < -0.39 is 0 Å². The van der Waals surface area contributed by atoms with E-state index in [4.69, 9.17) is 11.6 Å². The molecule has 1 aromatic heterocycles. The van der Waals surface area contributed by atoms with Gasteiger partial charge in [0.25, 0.3) is 0 Å². The van der Waals surface area contributed by atoms with Crippen molar-refractivity contribution < 1.29 is 0 Å². The lowest BCUT2D eigenvalue weighted by atomic mass is 10.3. The molecule has 4 nitrogen and oxygen atoms in total. The van der Waals surface area contributed by atoms with Crippen LogP contribution in [0.5, 0.6) is 0 Å². The summed E-state index contributed by atoms with van der Waals surface area (Å²) < 4.78 is 0. The number of anilines is 1. The van der Waals surface area contributed by atoms with E-state index in [9.17, 15) is 0 Å². The van der Waals surface area contributed by atoms with E-state index in [1.54, 1.807) is 20.3 Å². The maximum absolute atomic E-state index is 5.89. The molecule has 0 unspecified atom stereocenters. The summed E-state index contributed by atoms with van der Waals surface area (Å²) in [4.78, 5) is 12.2. The Morgan fingerprint density at radius 1 is 1.62 bits per heavy atom. The molecule has 0 spiro atoms. The van der Waals surface area contributed by atoms with E-state index in [1.807, 2.05) is 6.92 Å². The molecule has 0 aromatic carbocycles. The van der Waals surface area contributed by atoms with Gasteiger partial charge in [-0.3, -0.25) is 4.99 Å². The van der Waals surface area contributed by atoms with Gasteiger partial charge in [0.2, 0.25) is 5.95 Å². The molecule has 1 N–H and O–H groups in total. The Balaban J connectivity index is 3.19. The van der Waals surface area contributed by atoms with Crippen LogP contribution in [0.1, 0.15) is 12.6 Å². The van der Waals surface area contributed by atoms with Crippen LogP contribution in [0.25, 0.3) is 0 Å². The van der Waals surface area contributed by atoms with Gasteiger partial charge in [0, 0.05) is 14.1 Å².